The Morgan fingerprint density at radius 2 is 1.75 bits per heavy atom. The smallest absolute Gasteiger partial charge is 0.239 e. The Balaban J connectivity index is 2.39. The topological polar surface area (TPSA) is 32.3 Å². The van der Waals surface area contributed by atoms with Gasteiger partial charge in [0.15, 0.2) is 0 Å². The van der Waals surface area contributed by atoms with E-state index in [1.165, 1.54) is 19.3 Å². The summed E-state index contributed by atoms with van der Waals surface area (Å²) in [5.41, 5.74) is 0. The Hall–Kier alpha value is -0.570. The van der Waals surface area contributed by atoms with E-state index in [0.717, 1.165) is 25.9 Å². The van der Waals surface area contributed by atoms with Crippen molar-refractivity contribution in [2.75, 3.05) is 13.1 Å². The van der Waals surface area contributed by atoms with Crippen molar-refractivity contribution in [2.24, 2.45) is 0 Å². The molecule has 1 N–H and O–H groups in total. The lowest BCUT2D eigenvalue weighted by Gasteiger charge is -2.31. The number of nitrogens with zero attached hydrogens (tertiary/aromatic N) is 1. The lowest BCUT2D eigenvalue weighted by molar-refractivity contribution is -0.134. The Morgan fingerprint density at radius 1 is 1.19 bits per heavy atom. The third-order valence-electron chi connectivity index (χ3n) is 3.51. The number of carbonyl (C=O) groups is 1. The molecular formula is C13H26N2O. The average molecular weight is 226 g/mol. The van der Waals surface area contributed by atoms with Crippen LogP contribution in [0.3, 0.4) is 0 Å². The summed E-state index contributed by atoms with van der Waals surface area (Å²) in [4.78, 5) is 14.1. The van der Waals surface area contributed by atoms with Crippen LogP contribution >= 0.6 is 0 Å². The summed E-state index contributed by atoms with van der Waals surface area (Å²) >= 11 is 0. The first-order valence-corrected chi connectivity index (χ1v) is 6.73. The quantitative estimate of drug-likeness (QED) is 0.779. The highest BCUT2D eigenvalue weighted by atomic mass is 16.2. The van der Waals surface area contributed by atoms with Crippen LogP contribution in [0.2, 0.25) is 0 Å². The molecule has 0 saturated carbocycles. The molecule has 0 aromatic rings. The zero-order valence-corrected chi connectivity index (χ0v) is 11.0. The SMILES string of the molecule is CCC(CC)N[C@@H](C)C(=O)N1CCCCC1. The van der Waals surface area contributed by atoms with E-state index in [-0.39, 0.29) is 11.9 Å². The van der Waals surface area contributed by atoms with Crippen molar-refractivity contribution < 1.29 is 4.79 Å². The molecule has 0 bridgehead atoms. The van der Waals surface area contributed by atoms with Gasteiger partial charge in [-0.1, -0.05) is 13.8 Å². The van der Waals surface area contributed by atoms with E-state index in [0.29, 0.717) is 6.04 Å². The molecule has 0 spiro atoms. The highest BCUT2D eigenvalue weighted by Gasteiger charge is 2.22. The summed E-state index contributed by atoms with van der Waals surface area (Å²) in [6.45, 7) is 8.23. The molecule has 16 heavy (non-hydrogen) atoms. The van der Waals surface area contributed by atoms with Crippen molar-refractivity contribution in [1.29, 1.82) is 0 Å². The minimum Gasteiger partial charge on any atom is -0.341 e. The molecule has 3 nitrogen and oxygen atoms in total. The van der Waals surface area contributed by atoms with Gasteiger partial charge in [0, 0.05) is 19.1 Å². The maximum atomic E-state index is 12.1. The molecule has 0 unspecified atom stereocenters. The fourth-order valence-corrected chi connectivity index (χ4v) is 2.34. The molecule has 0 radical (unpaired) electrons. The van der Waals surface area contributed by atoms with E-state index in [9.17, 15) is 4.79 Å². The molecule has 1 amide bonds. The van der Waals surface area contributed by atoms with Crippen LogP contribution in [0.25, 0.3) is 0 Å². The van der Waals surface area contributed by atoms with Crippen LogP contribution in [0.4, 0.5) is 0 Å². The lowest BCUT2D eigenvalue weighted by atomic mass is 10.1. The molecule has 3 heteroatoms. The first-order chi connectivity index (χ1) is 7.69. The second-order valence-electron chi connectivity index (χ2n) is 4.79. The summed E-state index contributed by atoms with van der Waals surface area (Å²) in [7, 11) is 0. The van der Waals surface area contributed by atoms with Gasteiger partial charge in [-0.25, -0.2) is 0 Å². The summed E-state index contributed by atoms with van der Waals surface area (Å²) in [5, 5.41) is 3.42. The normalized spacial score (nSPS) is 18.9. The van der Waals surface area contributed by atoms with E-state index in [2.05, 4.69) is 19.2 Å². The standard InChI is InChI=1S/C13H26N2O/c1-4-12(5-2)14-11(3)13(16)15-9-7-6-8-10-15/h11-12,14H,4-10H2,1-3H3/t11-/m0/s1. The highest BCUT2D eigenvalue weighted by Crippen LogP contribution is 2.10. The number of rotatable bonds is 5. The fourth-order valence-electron chi connectivity index (χ4n) is 2.34. The number of hydrogen-bond donors (Lipinski definition) is 1. The van der Waals surface area contributed by atoms with Crippen LogP contribution in [-0.2, 0) is 4.79 Å². The Labute approximate surface area is 99.6 Å². The van der Waals surface area contributed by atoms with Gasteiger partial charge in [-0.3, -0.25) is 4.79 Å². The zero-order valence-electron chi connectivity index (χ0n) is 11.0. The van der Waals surface area contributed by atoms with E-state index in [4.69, 9.17) is 0 Å². The minimum absolute atomic E-state index is 0.0250. The molecule has 94 valence electrons. The van der Waals surface area contributed by atoms with Gasteiger partial charge in [-0.2, -0.15) is 0 Å². The molecule has 1 fully saturated rings. The van der Waals surface area contributed by atoms with E-state index in [1.807, 2.05) is 11.8 Å². The molecule has 0 aliphatic carbocycles. The average Bonchev–Trinajstić information content (AvgIpc) is 2.35. The molecule has 0 aromatic heterocycles. The number of likely N-dealkylation sites (tertiary alicyclic amines) is 1. The number of carbonyl (C=O) groups excluding carboxylic acids is 1. The Kier molecular flexibility index (Phi) is 5.81. The highest BCUT2D eigenvalue weighted by molar-refractivity contribution is 5.81. The van der Waals surface area contributed by atoms with Crippen molar-refractivity contribution in [3.8, 4) is 0 Å². The van der Waals surface area contributed by atoms with E-state index in [1.54, 1.807) is 0 Å². The predicted molar refractivity (Wildman–Crippen MR) is 67.4 cm³/mol. The van der Waals surface area contributed by atoms with Gasteiger partial charge in [-0.05, 0) is 39.0 Å². The van der Waals surface area contributed by atoms with Gasteiger partial charge < -0.3 is 10.2 Å². The van der Waals surface area contributed by atoms with Crippen LogP contribution in [0.5, 0.6) is 0 Å². The van der Waals surface area contributed by atoms with E-state index < -0.39 is 0 Å². The second-order valence-corrected chi connectivity index (χ2v) is 4.79. The molecule has 1 atom stereocenters. The summed E-state index contributed by atoms with van der Waals surface area (Å²) in [6.07, 6.45) is 5.80. The van der Waals surface area contributed by atoms with Gasteiger partial charge in [0.1, 0.15) is 0 Å². The van der Waals surface area contributed by atoms with Gasteiger partial charge >= 0.3 is 0 Å². The van der Waals surface area contributed by atoms with Crippen LogP contribution in [0.15, 0.2) is 0 Å². The molecule has 1 aliphatic rings. The third kappa shape index (κ3) is 3.78. The van der Waals surface area contributed by atoms with Crippen molar-refractivity contribution in [1.82, 2.24) is 10.2 Å². The molecule has 1 rings (SSSR count). The largest absolute Gasteiger partial charge is 0.341 e. The van der Waals surface area contributed by atoms with Crippen LogP contribution in [0.1, 0.15) is 52.9 Å². The van der Waals surface area contributed by atoms with Gasteiger partial charge in [-0.15, -0.1) is 0 Å². The molecule has 0 aromatic carbocycles. The van der Waals surface area contributed by atoms with Gasteiger partial charge in [0.25, 0.3) is 0 Å². The number of piperidine rings is 1. The van der Waals surface area contributed by atoms with Crippen molar-refractivity contribution >= 4 is 5.91 Å². The van der Waals surface area contributed by atoms with Crippen LogP contribution < -0.4 is 5.32 Å². The van der Waals surface area contributed by atoms with Gasteiger partial charge in [0.2, 0.25) is 5.91 Å². The molecule has 1 aliphatic heterocycles. The maximum absolute atomic E-state index is 12.1. The zero-order chi connectivity index (χ0) is 12.0. The van der Waals surface area contributed by atoms with Crippen molar-refractivity contribution in [2.45, 2.75) is 65.0 Å². The first-order valence-electron chi connectivity index (χ1n) is 6.73. The number of amides is 1. The molecule has 1 heterocycles. The minimum atomic E-state index is -0.0250. The molecule has 1 saturated heterocycles. The summed E-state index contributed by atoms with van der Waals surface area (Å²) in [5.74, 6) is 0.284. The summed E-state index contributed by atoms with van der Waals surface area (Å²) in [6, 6.07) is 0.451. The fraction of sp³-hybridized carbons (Fsp3) is 0.923. The lowest BCUT2D eigenvalue weighted by Crippen LogP contribution is -2.49. The maximum Gasteiger partial charge on any atom is 0.239 e. The third-order valence-corrected chi connectivity index (χ3v) is 3.51. The molecular weight excluding hydrogens is 200 g/mol. The Bertz CT molecular complexity index is 208. The Morgan fingerprint density at radius 3 is 2.25 bits per heavy atom. The monoisotopic (exact) mass is 226 g/mol. The van der Waals surface area contributed by atoms with Gasteiger partial charge in [0.05, 0.1) is 6.04 Å². The first kappa shape index (κ1) is 13.5. The predicted octanol–water partition coefficient (Wildman–Crippen LogP) is 2.17. The number of hydrogen-bond acceptors (Lipinski definition) is 2. The number of nitrogens with one attached hydrogen (secondary N) is 1. The van der Waals surface area contributed by atoms with E-state index >= 15 is 0 Å². The van der Waals surface area contributed by atoms with Crippen LogP contribution in [0, 0.1) is 0 Å². The second kappa shape index (κ2) is 6.89. The van der Waals surface area contributed by atoms with Crippen molar-refractivity contribution in [3.05, 3.63) is 0 Å². The van der Waals surface area contributed by atoms with Crippen LogP contribution in [-0.4, -0.2) is 36.0 Å². The summed E-state index contributed by atoms with van der Waals surface area (Å²) < 4.78 is 0. The van der Waals surface area contributed by atoms with Crippen molar-refractivity contribution in [3.63, 3.8) is 0 Å².